The van der Waals surface area contributed by atoms with Crippen LogP contribution < -0.4 is 5.32 Å². The fourth-order valence-electron chi connectivity index (χ4n) is 2.78. The van der Waals surface area contributed by atoms with E-state index in [0.717, 1.165) is 6.42 Å². The number of hydrogen-bond donors (Lipinski definition) is 1. The molecule has 1 unspecified atom stereocenters. The van der Waals surface area contributed by atoms with Gasteiger partial charge in [-0.3, -0.25) is 4.79 Å². The second-order valence-electron chi connectivity index (χ2n) is 6.42. The summed E-state index contributed by atoms with van der Waals surface area (Å²) in [5, 5.41) is 3.33. The van der Waals surface area contributed by atoms with E-state index in [0.29, 0.717) is 34.3 Å². The number of ether oxygens (including phenoxy) is 1. The van der Waals surface area contributed by atoms with Crippen LogP contribution in [0.2, 0.25) is 0 Å². The molecule has 0 aliphatic carbocycles. The number of nitrogens with one attached hydrogen (secondary N) is 1. The maximum Gasteiger partial charge on any atom is 0.339 e. The normalized spacial score (nSPS) is 11.8. The number of carbonyl (C=O) groups is 2. The van der Waals surface area contributed by atoms with E-state index in [1.54, 1.807) is 36.4 Å². The molecule has 1 amide bonds. The molecule has 0 saturated heterocycles. The molecule has 28 heavy (non-hydrogen) atoms. The van der Waals surface area contributed by atoms with Crippen LogP contribution in [0, 0.1) is 5.82 Å². The molecule has 1 atom stereocenters. The first kappa shape index (κ1) is 19.5. The molecule has 0 radical (unpaired) electrons. The number of rotatable bonds is 6. The Labute approximate surface area is 162 Å². The predicted octanol–water partition coefficient (Wildman–Crippen LogP) is 4.11. The average molecular weight is 380 g/mol. The molecule has 0 spiro atoms. The van der Waals surface area contributed by atoms with Crippen molar-refractivity contribution in [2.24, 2.45) is 0 Å². The van der Waals surface area contributed by atoms with Gasteiger partial charge in [0.1, 0.15) is 5.82 Å². The number of nitrogens with zero attached hydrogens (tertiary/aromatic N) is 1. The van der Waals surface area contributed by atoms with Crippen molar-refractivity contribution in [3.8, 4) is 11.3 Å². The first-order chi connectivity index (χ1) is 13.5. The number of pyridine rings is 1. The predicted molar refractivity (Wildman–Crippen MR) is 105 cm³/mol. The Kier molecular flexibility index (Phi) is 5.99. The summed E-state index contributed by atoms with van der Waals surface area (Å²) >= 11 is 0. The quantitative estimate of drug-likeness (QED) is 0.654. The number of hydrogen-bond acceptors (Lipinski definition) is 4. The highest BCUT2D eigenvalue weighted by Crippen LogP contribution is 2.26. The largest absolute Gasteiger partial charge is 0.449 e. The Morgan fingerprint density at radius 1 is 1.14 bits per heavy atom. The highest BCUT2D eigenvalue weighted by molar-refractivity contribution is 6.05. The number of esters is 1. The summed E-state index contributed by atoms with van der Waals surface area (Å²) in [5.74, 6) is -1.30. The van der Waals surface area contributed by atoms with Gasteiger partial charge in [0.15, 0.2) is 6.10 Å². The van der Waals surface area contributed by atoms with Gasteiger partial charge in [-0.1, -0.05) is 25.1 Å². The molecule has 1 N–H and O–H groups in total. The van der Waals surface area contributed by atoms with Gasteiger partial charge in [0.2, 0.25) is 0 Å². The number of amides is 1. The molecular formula is C22H21FN2O3. The van der Waals surface area contributed by atoms with Gasteiger partial charge in [-0.25, -0.2) is 14.2 Å². The number of aromatic nitrogens is 1. The molecule has 5 nitrogen and oxygen atoms in total. The van der Waals surface area contributed by atoms with Crippen molar-refractivity contribution in [1.29, 1.82) is 0 Å². The second-order valence-corrected chi connectivity index (χ2v) is 6.42. The number of fused-ring (bicyclic) bond motifs is 1. The Balaban J connectivity index is 1.96. The number of halogens is 1. The molecule has 3 rings (SSSR count). The maximum absolute atomic E-state index is 13.2. The van der Waals surface area contributed by atoms with Crippen molar-refractivity contribution in [1.82, 2.24) is 10.3 Å². The number of benzene rings is 2. The van der Waals surface area contributed by atoms with Crippen LogP contribution in [-0.2, 0) is 9.53 Å². The van der Waals surface area contributed by atoms with E-state index in [-0.39, 0.29) is 11.7 Å². The fraction of sp³-hybridized carbons (Fsp3) is 0.227. The van der Waals surface area contributed by atoms with Gasteiger partial charge in [-0.15, -0.1) is 0 Å². The van der Waals surface area contributed by atoms with E-state index >= 15 is 0 Å². The van der Waals surface area contributed by atoms with Crippen LogP contribution in [0.5, 0.6) is 0 Å². The van der Waals surface area contributed by atoms with Crippen LogP contribution >= 0.6 is 0 Å². The molecule has 0 aliphatic heterocycles. The van der Waals surface area contributed by atoms with Gasteiger partial charge in [0, 0.05) is 17.5 Å². The summed E-state index contributed by atoms with van der Waals surface area (Å²) < 4.78 is 18.6. The lowest BCUT2D eigenvalue weighted by Crippen LogP contribution is -2.36. The summed E-state index contributed by atoms with van der Waals surface area (Å²) in [7, 11) is 0. The molecule has 1 heterocycles. The summed E-state index contributed by atoms with van der Waals surface area (Å²) in [4.78, 5) is 29.4. The summed E-state index contributed by atoms with van der Waals surface area (Å²) in [6.45, 7) is 4.00. The Morgan fingerprint density at radius 2 is 1.86 bits per heavy atom. The third kappa shape index (κ3) is 4.34. The minimum Gasteiger partial charge on any atom is -0.449 e. The van der Waals surface area contributed by atoms with Crippen molar-refractivity contribution < 1.29 is 18.7 Å². The van der Waals surface area contributed by atoms with Gasteiger partial charge in [0.05, 0.1) is 16.8 Å². The minimum atomic E-state index is -0.916. The van der Waals surface area contributed by atoms with Crippen LogP contribution in [0.4, 0.5) is 4.39 Å². The third-order valence-electron chi connectivity index (χ3n) is 4.28. The number of carbonyl (C=O) groups excluding carboxylic acids is 2. The van der Waals surface area contributed by atoms with Gasteiger partial charge in [-0.05, 0) is 49.7 Å². The Morgan fingerprint density at radius 3 is 2.57 bits per heavy atom. The zero-order chi connectivity index (χ0) is 20.1. The van der Waals surface area contributed by atoms with Crippen LogP contribution in [0.15, 0.2) is 54.6 Å². The molecular weight excluding hydrogens is 359 g/mol. The third-order valence-corrected chi connectivity index (χ3v) is 4.28. The van der Waals surface area contributed by atoms with Crippen LogP contribution in [0.25, 0.3) is 22.2 Å². The van der Waals surface area contributed by atoms with Gasteiger partial charge < -0.3 is 10.1 Å². The van der Waals surface area contributed by atoms with Crippen molar-refractivity contribution in [2.75, 3.05) is 6.54 Å². The lowest BCUT2D eigenvalue weighted by Gasteiger charge is -2.15. The first-order valence-electron chi connectivity index (χ1n) is 9.14. The number of para-hydroxylation sites is 1. The average Bonchev–Trinajstić information content (AvgIpc) is 2.71. The summed E-state index contributed by atoms with van der Waals surface area (Å²) in [6, 6.07) is 14.7. The smallest absolute Gasteiger partial charge is 0.339 e. The Bertz CT molecular complexity index is 1000. The summed E-state index contributed by atoms with van der Waals surface area (Å²) in [6.07, 6.45) is -0.122. The van der Waals surface area contributed by atoms with Crippen molar-refractivity contribution in [3.05, 3.63) is 66.0 Å². The van der Waals surface area contributed by atoms with E-state index in [2.05, 4.69) is 10.3 Å². The molecule has 3 aromatic rings. The molecule has 0 fully saturated rings. The monoisotopic (exact) mass is 380 g/mol. The topological polar surface area (TPSA) is 68.3 Å². The van der Waals surface area contributed by atoms with E-state index in [4.69, 9.17) is 4.74 Å². The standard InChI is InChI=1S/C22H21FN2O3/c1-3-12-24-21(26)14(2)28-22(27)18-13-20(15-8-10-16(23)11-9-15)25-19-7-5-4-6-17(18)19/h4-11,13-14H,3,12H2,1-2H3,(H,24,26). The lowest BCUT2D eigenvalue weighted by molar-refractivity contribution is -0.129. The molecule has 0 saturated carbocycles. The van der Waals surface area contributed by atoms with Crippen molar-refractivity contribution >= 4 is 22.8 Å². The minimum absolute atomic E-state index is 0.306. The second kappa shape index (κ2) is 8.61. The maximum atomic E-state index is 13.2. The van der Waals surface area contributed by atoms with E-state index in [1.165, 1.54) is 19.1 Å². The molecule has 0 bridgehead atoms. The van der Waals surface area contributed by atoms with Crippen LogP contribution in [0.3, 0.4) is 0 Å². The lowest BCUT2D eigenvalue weighted by atomic mass is 10.0. The Hall–Kier alpha value is -3.28. The molecule has 2 aromatic carbocycles. The van der Waals surface area contributed by atoms with Crippen molar-refractivity contribution in [3.63, 3.8) is 0 Å². The zero-order valence-corrected chi connectivity index (χ0v) is 15.7. The van der Waals surface area contributed by atoms with E-state index in [9.17, 15) is 14.0 Å². The first-order valence-corrected chi connectivity index (χ1v) is 9.14. The van der Waals surface area contributed by atoms with Crippen molar-refractivity contribution in [2.45, 2.75) is 26.4 Å². The van der Waals surface area contributed by atoms with E-state index < -0.39 is 12.1 Å². The molecule has 144 valence electrons. The molecule has 1 aromatic heterocycles. The van der Waals surface area contributed by atoms with Gasteiger partial charge >= 0.3 is 5.97 Å². The van der Waals surface area contributed by atoms with E-state index in [1.807, 2.05) is 13.0 Å². The highest BCUT2D eigenvalue weighted by atomic mass is 19.1. The van der Waals surface area contributed by atoms with Gasteiger partial charge in [-0.2, -0.15) is 0 Å². The zero-order valence-electron chi connectivity index (χ0n) is 15.7. The van der Waals surface area contributed by atoms with Crippen LogP contribution in [-0.4, -0.2) is 29.5 Å². The highest BCUT2D eigenvalue weighted by Gasteiger charge is 2.21. The van der Waals surface area contributed by atoms with Crippen LogP contribution in [0.1, 0.15) is 30.6 Å². The SMILES string of the molecule is CCCNC(=O)C(C)OC(=O)c1cc(-c2ccc(F)cc2)nc2ccccc12. The van der Waals surface area contributed by atoms with Gasteiger partial charge in [0.25, 0.3) is 5.91 Å². The fourth-order valence-corrected chi connectivity index (χ4v) is 2.78. The summed E-state index contributed by atoms with van der Waals surface area (Å²) in [5.41, 5.74) is 2.11. The molecule has 6 heteroatoms. The molecule has 0 aliphatic rings.